The van der Waals surface area contributed by atoms with Crippen LogP contribution in [0.3, 0.4) is 0 Å². The zero-order chi connectivity index (χ0) is 10.4. The highest BCUT2D eigenvalue weighted by atomic mass is 16.5. The third kappa shape index (κ3) is 2.93. The van der Waals surface area contributed by atoms with E-state index >= 15 is 0 Å². The predicted octanol–water partition coefficient (Wildman–Crippen LogP) is -0.0907. The number of aromatic nitrogens is 2. The van der Waals surface area contributed by atoms with Gasteiger partial charge in [-0.3, -0.25) is 9.88 Å². The number of rotatable bonds is 5. The van der Waals surface area contributed by atoms with Crippen molar-refractivity contribution in [3.8, 4) is 5.88 Å². The Balaban J connectivity index is 2.65. The van der Waals surface area contributed by atoms with Crippen molar-refractivity contribution in [2.45, 2.75) is 6.54 Å². The molecule has 0 aliphatic carbocycles. The van der Waals surface area contributed by atoms with Crippen LogP contribution in [0.5, 0.6) is 5.88 Å². The molecule has 0 radical (unpaired) electrons. The van der Waals surface area contributed by atoms with Crippen molar-refractivity contribution in [2.75, 3.05) is 27.3 Å². The van der Waals surface area contributed by atoms with Crippen molar-refractivity contribution in [2.24, 2.45) is 0 Å². The molecule has 1 aromatic heterocycles. The lowest BCUT2D eigenvalue weighted by molar-refractivity contribution is 0.214. The van der Waals surface area contributed by atoms with E-state index in [2.05, 4.69) is 9.97 Å². The van der Waals surface area contributed by atoms with Gasteiger partial charge in [0.05, 0.1) is 13.7 Å². The number of aliphatic hydroxyl groups is 1. The average molecular weight is 197 g/mol. The molecule has 1 aromatic rings. The van der Waals surface area contributed by atoms with Gasteiger partial charge >= 0.3 is 0 Å². The second-order valence-electron chi connectivity index (χ2n) is 2.97. The molecule has 78 valence electrons. The zero-order valence-electron chi connectivity index (χ0n) is 8.47. The number of ether oxygens (including phenoxy) is 1. The molecule has 5 heteroatoms. The van der Waals surface area contributed by atoms with Gasteiger partial charge in [0.1, 0.15) is 5.69 Å². The molecule has 1 heterocycles. The average Bonchev–Trinajstić information content (AvgIpc) is 2.19. The Kier molecular flexibility index (Phi) is 4.28. The summed E-state index contributed by atoms with van der Waals surface area (Å²) in [4.78, 5) is 10.1. The lowest BCUT2D eigenvalue weighted by atomic mass is 10.4. The molecule has 0 amide bonds. The topological polar surface area (TPSA) is 58.5 Å². The molecule has 14 heavy (non-hydrogen) atoms. The highest BCUT2D eigenvalue weighted by Crippen LogP contribution is 2.11. The number of aliphatic hydroxyl groups excluding tert-OH is 1. The van der Waals surface area contributed by atoms with Gasteiger partial charge in [0.25, 0.3) is 0 Å². The fraction of sp³-hybridized carbons (Fsp3) is 0.556. The van der Waals surface area contributed by atoms with Crippen LogP contribution in [0.15, 0.2) is 12.4 Å². The van der Waals surface area contributed by atoms with Crippen molar-refractivity contribution in [3.63, 3.8) is 0 Å². The van der Waals surface area contributed by atoms with Gasteiger partial charge in [0.2, 0.25) is 5.88 Å². The van der Waals surface area contributed by atoms with Crippen molar-refractivity contribution in [3.05, 3.63) is 18.1 Å². The predicted molar refractivity (Wildman–Crippen MR) is 52.0 cm³/mol. The zero-order valence-corrected chi connectivity index (χ0v) is 8.47. The Morgan fingerprint density at radius 3 is 2.79 bits per heavy atom. The van der Waals surface area contributed by atoms with Crippen LogP contribution >= 0.6 is 0 Å². The van der Waals surface area contributed by atoms with Crippen LogP contribution in [0.4, 0.5) is 0 Å². The fourth-order valence-electron chi connectivity index (χ4n) is 1.14. The largest absolute Gasteiger partial charge is 0.480 e. The van der Waals surface area contributed by atoms with Crippen LogP contribution in [0.1, 0.15) is 5.69 Å². The van der Waals surface area contributed by atoms with Gasteiger partial charge in [-0.1, -0.05) is 0 Å². The summed E-state index contributed by atoms with van der Waals surface area (Å²) in [6.45, 7) is 1.37. The summed E-state index contributed by atoms with van der Waals surface area (Å²) in [6.07, 6.45) is 3.22. The van der Waals surface area contributed by atoms with E-state index in [-0.39, 0.29) is 6.61 Å². The molecule has 0 fully saturated rings. The highest BCUT2D eigenvalue weighted by Gasteiger charge is 2.07. The van der Waals surface area contributed by atoms with Crippen molar-refractivity contribution >= 4 is 0 Å². The first-order valence-electron chi connectivity index (χ1n) is 4.41. The SMILES string of the molecule is COc1nccnc1CN(C)CCO. The Bertz CT molecular complexity index is 281. The molecule has 5 nitrogen and oxygen atoms in total. The molecule has 0 aromatic carbocycles. The molecule has 1 N–H and O–H groups in total. The summed E-state index contributed by atoms with van der Waals surface area (Å²) in [7, 11) is 3.48. The van der Waals surface area contributed by atoms with E-state index in [0.717, 1.165) is 5.69 Å². The number of nitrogens with zero attached hydrogens (tertiary/aromatic N) is 3. The monoisotopic (exact) mass is 197 g/mol. The molecule has 0 spiro atoms. The molecule has 0 aliphatic heterocycles. The van der Waals surface area contributed by atoms with Crippen molar-refractivity contribution < 1.29 is 9.84 Å². The van der Waals surface area contributed by atoms with Crippen LogP contribution in [0, 0.1) is 0 Å². The first-order valence-corrected chi connectivity index (χ1v) is 4.41. The second-order valence-corrected chi connectivity index (χ2v) is 2.97. The van der Waals surface area contributed by atoms with E-state index in [9.17, 15) is 0 Å². The van der Waals surface area contributed by atoms with E-state index in [1.165, 1.54) is 0 Å². The molecule has 0 aliphatic rings. The molecule has 0 atom stereocenters. The summed E-state index contributed by atoms with van der Waals surface area (Å²) in [5.74, 6) is 0.539. The van der Waals surface area contributed by atoms with E-state index in [1.807, 2.05) is 11.9 Å². The Hall–Kier alpha value is -1.20. The van der Waals surface area contributed by atoms with Gasteiger partial charge in [-0.25, -0.2) is 4.98 Å². The molecule has 0 unspecified atom stereocenters. The van der Waals surface area contributed by atoms with Gasteiger partial charge in [-0.05, 0) is 7.05 Å². The highest BCUT2D eigenvalue weighted by molar-refractivity contribution is 5.16. The maximum absolute atomic E-state index is 8.73. The third-order valence-electron chi connectivity index (χ3n) is 1.83. The first-order chi connectivity index (χ1) is 6.77. The Morgan fingerprint density at radius 1 is 1.43 bits per heavy atom. The van der Waals surface area contributed by atoms with E-state index in [0.29, 0.717) is 19.0 Å². The van der Waals surface area contributed by atoms with Gasteiger partial charge in [0.15, 0.2) is 0 Å². The smallest absolute Gasteiger partial charge is 0.236 e. The van der Waals surface area contributed by atoms with E-state index in [4.69, 9.17) is 9.84 Å². The van der Waals surface area contributed by atoms with Crippen LogP contribution in [-0.4, -0.2) is 47.3 Å². The number of hydrogen-bond acceptors (Lipinski definition) is 5. The maximum Gasteiger partial charge on any atom is 0.236 e. The molecule has 1 rings (SSSR count). The quantitative estimate of drug-likeness (QED) is 0.715. The summed E-state index contributed by atoms with van der Waals surface area (Å²) >= 11 is 0. The van der Waals surface area contributed by atoms with Crippen molar-refractivity contribution in [1.82, 2.24) is 14.9 Å². The Labute approximate surface area is 83.4 Å². The lowest BCUT2D eigenvalue weighted by Crippen LogP contribution is -2.22. The molecular formula is C9H15N3O2. The third-order valence-corrected chi connectivity index (χ3v) is 1.83. The van der Waals surface area contributed by atoms with Gasteiger partial charge < -0.3 is 9.84 Å². The number of hydrogen-bond donors (Lipinski definition) is 1. The van der Waals surface area contributed by atoms with Gasteiger partial charge in [-0.15, -0.1) is 0 Å². The standard InChI is InChI=1S/C9H15N3O2/c1-12(5-6-13)7-8-9(14-2)11-4-3-10-8/h3-4,13H,5-7H2,1-2H3. The van der Waals surface area contributed by atoms with Gasteiger partial charge in [0, 0.05) is 25.5 Å². The van der Waals surface area contributed by atoms with Crippen molar-refractivity contribution in [1.29, 1.82) is 0 Å². The van der Waals surface area contributed by atoms with E-state index in [1.54, 1.807) is 19.5 Å². The molecule has 0 bridgehead atoms. The summed E-state index contributed by atoms with van der Waals surface area (Å²) in [5, 5.41) is 8.73. The summed E-state index contributed by atoms with van der Waals surface area (Å²) in [6, 6.07) is 0. The second kappa shape index (κ2) is 5.51. The maximum atomic E-state index is 8.73. The number of likely N-dealkylation sites (N-methyl/N-ethyl adjacent to an activating group) is 1. The van der Waals surface area contributed by atoms with Gasteiger partial charge in [-0.2, -0.15) is 0 Å². The number of methoxy groups -OCH3 is 1. The molecular weight excluding hydrogens is 182 g/mol. The van der Waals surface area contributed by atoms with E-state index < -0.39 is 0 Å². The molecule has 0 saturated carbocycles. The van der Waals surface area contributed by atoms with Crippen LogP contribution in [0.2, 0.25) is 0 Å². The lowest BCUT2D eigenvalue weighted by Gasteiger charge is -2.15. The fourth-order valence-corrected chi connectivity index (χ4v) is 1.14. The normalized spacial score (nSPS) is 10.6. The minimum atomic E-state index is 0.138. The summed E-state index contributed by atoms with van der Waals surface area (Å²) < 4.78 is 5.06. The minimum Gasteiger partial charge on any atom is -0.480 e. The minimum absolute atomic E-state index is 0.138. The van der Waals surface area contributed by atoms with Crippen LogP contribution in [-0.2, 0) is 6.54 Å². The first kappa shape index (κ1) is 10.9. The van der Waals surface area contributed by atoms with Crippen LogP contribution in [0.25, 0.3) is 0 Å². The Morgan fingerprint density at radius 2 is 2.14 bits per heavy atom. The van der Waals surface area contributed by atoms with Crippen LogP contribution < -0.4 is 4.74 Å². The molecule has 0 saturated heterocycles. The summed E-state index contributed by atoms with van der Waals surface area (Å²) in [5.41, 5.74) is 0.783.